The molecule has 3 heterocycles. The molecule has 1 amide bonds. The van der Waals surface area contributed by atoms with Crippen LogP contribution in [-0.2, 0) is 9.53 Å². The number of fused-ring (bicyclic) bond motifs is 1. The Morgan fingerprint density at radius 1 is 1.24 bits per heavy atom. The highest BCUT2D eigenvalue weighted by molar-refractivity contribution is 7.13. The first-order valence-electron chi connectivity index (χ1n) is 8.20. The van der Waals surface area contributed by atoms with Crippen LogP contribution >= 0.6 is 11.3 Å². The van der Waals surface area contributed by atoms with E-state index in [9.17, 15) is 4.79 Å². The molecule has 6 nitrogen and oxygen atoms in total. The molecule has 0 bridgehead atoms. The highest BCUT2D eigenvalue weighted by atomic mass is 32.1. The first-order chi connectivity index (χ1) is 12.2. The molecule has 1 aliphatic heterocycles. The van der Waals surface area contributed by atoms with Crippen molar-refractivity contribution in [2.24, 2.45) is 5.73 Å². The fraction of sp³-hybridized carbons (Fsp3) is 0.278. The Labute approximate surface area is 149 Å². The topological polar surface area (TPSA) is 90.1 Å². The maximum absolute atomic E-state index is 11.2. The number of hydrogen-bond donors (Lipinski definition) is 2. The number of amides is 1. The zero-order valence-corrected chi connectivity index (χ0v) is 14.3. The Bertz CT molecular complexity index is 897. The third-order valence-corrected chi connectivity index (χ3v) is 5.13. The summed E-state index contributed by atoms with van der Waals surface area (Å²) in [6.45, 7) is 0.578. The van der Waals surface area contributed by atoms with Crippen LogP contribution in [0.25, 0.3) is 21.6 Å². The first kappa shape index (κ1) is 16.0. The summed E-state index contributed by atoms with van der Waals surface area (Å²) in [5, 5.41) is 6.34. The van der Waals surface area contributed by atoms with E-state index < -0.39 is 12.0 Å². The van der Waals surface area contributed by atoms with E-state index in [1.165, 1.54) is 0 Å². The lowest BCUT2D eigenvalue weighted by Gasteiger charge is -2.15. The van der Waals surface area contributed by atoms with Crippen LogP contribution in [-0.4, -0.2) is 34.6 Å². The number of benzene rings is 1. The molecule has 1 fully saturated rings. The van der Waals surface area contributed by atoms with Crippen molar-refractivity contribution >= 4 is 34.0 Å². The van der Waals surface area contributed by atoms with Gasteiger partial charge in [0.2, 0.25) is 5.91 Å². The van der Waals surface area contributed by atoms with E-state index in [2.05, 4.69) is 10.3 Å². The molecule has 1 saturated heterocycles. The predicted molar refractivity (Wildman–Crippen MR) is 98.4 cm³/mol. The van der Waals surface area contributed by atoms with Gasteiger partial charge in [-0.15, -0.1) is 11.3 Å². The molecule has 0 saturated carbocycles. The lowest BCUT2D eigenvalue weighted by Crippen LogP contribution is -2.30. The minimum atomic E-state index is -0.476. The fourth-order valence-corrected chi connectivity index (χ4v) is 3.66. The van der Waals surface area contributed by atoms with Crippen molar-refractivity contribution in [1.29, 1.82) is 0 Å². The molecule has 0 spiro atoms. The summed E-state index contributed by atoms with van der Waals surface area (Å²) in [5.41, 5.74) is 6.21. The SMILES string of the molecule is NC(=O)C1CCC(CNc2nc(-c3cccs3)nc3ccccc23)O1. The van der Waals surface area contributed by atoms with Gasteiger partial charge in [0, 0.05) is 11.9 Å². The van der Waals surface area contributed by atoms with E-state index in [1.807, 2.05) is 41.8 Å². The number of hydrogen-bond acceptors (Lipinski definition) is 6. The molecule has 2 unspecified atom stereocenters. The van der Waals surface area contributed by atoms with Gasteiger partial charge in [-0.2, -0.15) is 0 Å². The molecule has 0 radical (unpaired) electrons. The van der Waals surface area contributed by atoms with E-state index in [0.717, 1.165) is 28.0 Å². The lowest BCUT2D eigenvalue weighted by molar-refractivity contribution is -0.128. The van der Waals surface area contributed by atoms with Crippen LogP contribution in [0.4, 0.5) is 5.82 Å². The maximum atomic E-state index is 11.2. The summed E-state index contributed by atoms with van der Waals surface area (Å²) in [4.78, 5) is 21.6. The summed E-state index contributed by atoms with van der Waals surface area (Å²) in [6, 6.07) is 11.9. The molecule has 2 atom stereocenters. The van der Waals surface area contributed by atoms with Crippen molar-refractivity contribution < 1.29 is 9.53 Å². The second kappa shape index (κ2) is 6.78. The lowest BCUT2D eigenvalue weighted by atomic mass is 10.2. The van der Waals surface area contributed by atoms with Gasteiger partial charge in [-0.05, 0) is 36.4 Å². The Balaban J connectivity index is 1.59. The van der Waals surface area contributed by atoms with Crippen LogP contribution in [0.5, 0.6) is 0 Å². The smallest absolute Gasteiger partial charge is 0.246 e. The van der Waals surface area contributed by atoms with Crippen molar-refractivity contribution in [3.05, 3.63) is 41.8 Å². The van der Waals surface area contributed by atoms with Crippen molar-refractivity contribution in [2.45, 2.75) is 25.0 Å². The molecule has 1 aromatic carbocycles. The number of carbonyl (C=O) groups is 1. The summed E-state index contributed by atoms with van der Waals surface area (Å²) in [5.74, 6) is 1.09. The molecule has 3 N–H and O–H groups in total. The van der Waals surface area contributed by atoms with Crippen LogP contribution in [0.15, 0.2) is 41.8 Å². The molecule has 2 aromatic heterocycles. The molecular weight excluding hydrogens is 336 g/mol. The monoisotopic (exact) mass is 354 g/mol. The Morgan fingerprint density at radius 3 is 2.88 bits per heavy atom. The molecule has 1 aliphatic rings. The van der Waals surface area contributed by atoms with Crippen LogP contribution in [0.2, 0.25) is 0 Å². The summed E-state index contributed by atoms with van der Waals surface area (Å²) in [6.07, 6.45) is 0.959. The minimum Gasteiger partial charge on any atom is -0.367 e. The highest BCUT2D eigenvalue weighted by Crippen LogP contribution is 2.28. The van der Waals surface area contributed by atoms with E-state index in [0.29, 0.717) is 18.8 Å². The Morgan fingerprint density at radius 2 is 2.12 bits per heavy atom. The van der Waals surface area contributed by atoms with Gasteiger partial charge in [-0.3, -0.25) is 4.79 Å². The third-order valence-electron chi connectivity index (χ3n) is 4.27. The largest absolute Gasteiger partial charge is 0.367 e. The number of rotatable bonds is 5. The summed E-state index contributed by atoms with van der Waals surface area (Å²) < 4.78 is 5.68. The van der Waals surface area contributed by atoms with E-state index >= 15 is 0 Å². The minimum absolute atomic E-state index is 0.0450. The van der Waals surface area contributed by atoms with Gasteiger partial charge in [0.25, 0.3) is 0 Å². The molecule has 4 rings (SSSR count). The van der Waals surface area contributed by atoms with E-state index in [1.54, 1.807) is 11.3 Å². The number of para-hydroxylation sites is 1. The van der Waals surface area contributed by atoms with Gasteiger partial charge in [0.15, 0.2) is 5.82 Å². The summed E-state index contributed by atoms with van der Waals surface area (Å²) in [7, 11) is 0. The fourth-order valence-electron chi connectivity index (χ4n) is 3.00. The summed E-state index contributed by atoms with van der Waals surface area (Å²) >= 11 is 1.61. The van der Waals surface area contributed by atoms with Crippen molar-refractivity contribution in [2.75, 3.05) is 11.9 Å². The van der Waals surface area contributed by atoms with Crippen LogP contribution in [0.3, 0.4) is 0 Å². The number of nitrogens with zero attached hydrogens (tertiary/aromatic N) is 2. The van der Waals surface area contributed by atoms with Crippen molar-refractivity contribution in [1.82, 2.24) is 9.97 Å². The second-order valence-electron chi connectivity index (χ2n) is 6.00. The standard InChI is InChI=1S/C18H18N4O2S/c19-16(23)14-8-7-11(24-14)10-20-17-12-4-1-2-5-13(12)21-18(22-17)15-6-3-9-25-15/h1-6,9,11,14H,7-8,10H2,(H2,19,23)(H,20,21,22). The van der Waals surface area contributed by atoms with E-state index in [-0.39, 0.29) is 6.10 Å². The number of ether oxygens (including phenoxy) is 1. The average molecular weight is 354 g/mol. The third kappa shape index (κ3) is 3.33. The number of aromatic nitrogens is 2. The van der Waals surface area contributed by atoms with Crippen LogP contribution < -0.4 is 11.1 Å². The van der Waals surface area contributed by atoms with Gasteiger partial charge in [-0.1, -0.05) is 18.2 Å². The number of primary amides is 1. The van der Waals surface area contributed by atoms with Gasteiger partial charge in [-0.25, -0.2) is 9.97 Å². The Hall–Kier alpha value is -2.51. The number of carbonyl (C=O) groups excluding carboxylic acids is 1. The van der Waals surface area contributed by atoms with Gasteiger partial charge in [0.1, 0.15) is 11.9 Å². The molecule has 25 heavy (non-hydrogen) atoms. The van der Waals surface area contributed by atoms with Crippen LogP contribution in [0, 0.1) is 0 Å². The first-order valence-corrected chi connectivity index (χ1v) is 9.08. The second-order valence-corrected chi connectivity index (χ2v) is 6.95. The quantitative estimate of drug-likeness (QED) is 0.735. The zero-order chi connectivity index (χ0) is 17.2. The zero-order valence-electron chi connectivity index (χ0n) is 13.5. The van der Waals surface area contributed by atoms with Crippen LogP contribution in [0.1, 0.15) is 12.8 Å². The normalized spacial score (nSPS) is 20.0. The predicted octanol–water partition coefficient (Wildman–Crippen LogP) is 2.80. The molecule has 7 heteroatoms. The highest BCUT2D eigenvalue weighted by Gasteiger charge is 2.29. The Kier molecular flexibility index (Phi) is 4.33. The van der Waals surface area contributed by atoms with Crippen molar-refractivity contribution in [3.8, 4) is 10.7 Å². The van der Waals surface area contributed by atoms with Gasteiger partial charge < -0.3 is 15.8 Å². The van der Waals surface area contributed by atoms with Crippen molar-refractivity contribution in [3.63, 3.8) is 0 Å². The molecular formula is C18H18N4O2S. The van der Waals surface area contributed by atoms with Gasteiger partial charge in [0.05, 0.1) is 16.5 Å². The average Bonchev–Trinajstić information content (AvgIpc) is 3.31. The molecule has 3 aromatic rings. The molecule has 0 aliphatic carbocycles. The number of anilines is 1. The van der Waals surface area contributed by atoms with E-state index in [4.69, 9.17) is 15.5 Å². The van der Waals surface area contributed by atoms with Gasteiger partial charge >= 0.3 is 0 Å². The maximum Gasteiger partial charge on any atom is 0.246 e. The number of nitrogens with two attached hydrogens (primary N) is 1. The number of thiophene rings is 1. The number of nitrogens with one attached hydrogen (secondary N) is 1. The molecule has 128 valence electrons.